The quantitative estimate of drug-likeness (QED) is 0.582. The highest BCUT2D eigenvalue weighted by atomic mass is 16.6. The fraction of sp³-hybridized carbons (Fsp3) is 0.0769. The van der Waals surface area contributed by atoms with Gasteiger partial charge in [0.15, 0.2) is 11.5 Å². The van der Waals surface area contributed by atoms with Crippen LogP contribution in [0.15, 0.2) is 41.1 Å². The lowest BCUT2D eigenvalue weighted by atomic mass is 10.2. The van der Waals surface area contributed by atoms with Crippen LogP contribution in [0.25, 0.3) is 10.9 Å². The Labute approximate surface area is 117 Å². The molecule has 2 aromatic heterocycles. The number of nitro benzene ring substituents is 1. The zero-order valence-electron chi connectivity index (χ0n) is 10.6. The minimum absolute atomic E-state index is 0.0181. The maximum atomic E-state index is 11.1. The molecule has 0 aliphatic heterocycles. The molecule has 0 saturated heterocycles. The summed E-state index contributed by atoms with van der Waals surface area (Å²) >= 11 is 0. The molecule has 3 rings (SSSR count). The van der Waals surface area contributed by atoms with Crippen LogP contribution in [0.5, 0.6) is 0 Å². The summed E-state index contributed by atoms with van der Waals surface area (Å²) < 4.78 is 6.55. The Hall–Kier alpha value is -3.16. The predicted molar refractivity (Wildman–Crippen MR) is 71.2 cm³/mol. The molecule has 3 aromatic rings. The minimum Gasteiger partial charge on any atom is -0.476 e. The number of rotatable bonds is 4. The highest BCUT2D eigenvalue weighted by Gasteiger charge is 2.17. The van der Waals surface area contributed by atoms with Crippen molar-refractivity contribution in [3.05, 3.63) is 58.1 Å². The van der Waals surface area contributed by atoms with Crippen LogP contribution in [0.3, 0.4) is 0 Å². The van der Waals surface area contributed by atoms with Crippen LogP contribution >= 0.6 is 0 Å². The number of hydrogen-bond donors (Lipinski definition) is 1. The van der Waals surface area contributed by atoms with Gasteiger partial charge in [-0.3, -0.25) is 10.1 Å². The Bertz CT molecular complexity index is 848. The summed E-state index contributed by atoms with van der Waals surface area (Å²) in [5, 5.41) is 24.0. The molecule has 0 bridgehead atoms. The van der Waals surface area contributed by atoms with Crippen LogP contribution in [0, 0.1) is 10.1 Å². The van der Waals surface area contributed by atoms with Crippen molar-refractivity contribution in [1.29, 1.82) is 0 Å². The average molecular weight is 287 g/mol. The summed E-state index contributed by atoms with van der Waals surface area (Å²) in [6, 6.07) is 7.84. The zero-order chi connectivity index (χ0) is 15.0. The Morgan fingerprint density at radius 3 is 2.90 bits per heavy atom. The van der Waals surface area contributed by atoms with Crippen LogP contribution in [0.2, 0.25) is 0 Å². The maximum absolute atomic E-state index is 11.1. The van der Waals surface area contributed by atoms with E-state index in [1.165, 1.54) is 12.1 Å². The molecule has 1 N–H and O–H groups in total. The fourth-order valence-electron chi connectivity index (χ4n) is 2.18. The first-order valence-corrected chi connectivity index (χ1v) is 5.97. The van der Waals surface area contributed by atoms with Crippen molar-refractivity contribution in [1.82, 2.24) is 9.72 Å². The summed E-state index contributed by atoms with van der Waals surface area (Å²) in [4.78, 5) is 21.4. The van der Waals surface area contributed by atoms with Gasteiger partial charge in [0.1, 0.15) is 5.52 Å². The largest absolute Gasteiger partial charge is 0.476 e. The number of benzene rings is 1. The minimum atomic E-state index is -1.19. The van der Waals surface area contributed by atoms with E-state index in [9.17, 15) is 14.9 Å². The normalized spacial score (nSPS) is 10.9. The lowest BCUT2D eigenvalue weighted by Crippen LogP contribution is -2.00. The number of aromatic nitrogens is 2. The lowest BCUT2D eigenvalue weighted by molar-refractivity contribution is -0.383. The summed E-state index contributed by atoms with van der Waals surface area (Å²) in [6.07, 6.45) is 1.68. The molecule has 0 radical (unpaired) electrons. The van der Waals surface area contributed by atoms with Gasteiger partial charge in [-0.15, -0.1) is 0 Å². The molecular weight excluding hydrogens is 278 g/mol. The van der Waals surface area contributed by atoms with Gasteiger partial charge in [-0.1, -0.05) is 17.3 Å². The van der Waals surface area contributed by atoms with E-state index < -0.39 is 10.9 Å². The molecule has 0 saturated carbocycles. The lowest BCUT2D eigenvalue weighted by Gasteiger charge is -2.02. The van der Waals surface area contributed by atoms with E-state index in [1.54, 1.807) is 29.0 Å². The first kappa shape index (κ1) is 12.9. The number of nitrogens with zero attached hydrogens (tertiary/aromatic N) is 3. The van der Waals surface area contributed by atoms with Gasteiger partial charge in [-0.2, -0.15) is 0 Å². The van der Waals surface area contributed by atoms with E-state index in [1.807, 2.05) is 0 Å². The Morgan fingerprint density at radius 1 is 1.43 bits per heavy atom. The van der Waals surface area contributed by atoms with E-state index in [0.717, 1.165) is 5.39 Å². The predicted octanol–water partition coefficient (Wildman–Crippen LogP) is 2.28. The van der Waals surface area contributed by atoms with Crippen LogP contribution in [-0.4, -0.2) is 25.7 Å². The smallest absolute Gasteiger partial charge is 0.358 e. The van der Waals surface area contributed by atoms with Gasteiger partial charge in [0.2, 0.25) is 0 Å². The number of para-hydroxylation sites is 1. The molecule has 0 atom stereocenters. The highest BCUT2D eigenvalue weighted by Crippen LogP contribution is 2.27. The number of carboxylic acid groups (broad SMARTS) is 1. The molecule has 0 aliphatic rings. The number of fused-ring (bicyclic) bond motifs is 1. The molecule has 0 aliphatic carbocycles. The number of nitro groups is 1. The van der Waals surface area contributed by atoms with Crippen LogP contribution in [-0.2, 0) is 6.54 Å². The Balaban J connectivity index is 2.04. The summed E-state index contributed by atoms with van der Waals surface area (Å²) in [7, 11) is 0. The van der Waals surface area contributed by atoms with Gasteiger partial charge in [0.25, 0.3) is 5.69 Å². The van der Waals surface area contributed by atoms with E-state index in [2.05, 4.69) is 5.16 Å². The molecular formula is C13H9N3O5. The topological polar surface area (TPSA) is 111 Å². The van der Waals surface area contributed by atoms with E-state index in [-0.39, 0.29) is 17.9 Å². The van der Waals surface area contributed by atoms with Gasteiger partial charge in [0, 0.05) is 23.7 Å². The van der Waals surface area contributed by atoms with Gasteiger partial charge < -0.3 is 14.2 Å². The third-order valence-corrected chi connectivity index (χ3v) is 3.07. The Morgan fingerprint density at radius 2 is 2.24 bits per heavy atom. The number of non-ortho nitro benzene ring substituents is 1. The summed E-state index contributed by atoms with van der Waals surface area (Å²) in [6.45, 7) is 0.161. The molecule has 0 spiro atoms. The molecule has 1 aromatic carbocycles. The monoisotopic (exact) mass is 287 g/mol. The fourth-order valence-corrected chi connectivity index (χ4v) is 2.18. The molecule has 21 heavy (non-hydrogen) atoms. The first-order chi connectivity index (χ1) is 10.1. The molecule has 0 unspecified atom stereocenters. The Kier molecular flexibility index (Phi) is 2.90. The molecule has 8 nitrogen and oxygen atoms in total. The van der Waals surface area contributed by atoms with E-state index in [4.69, 9.17) is 9.63 Å². The van der Waals surface area contributed by atoms with Gasteiger partial charge in [0.05, 0.1) is 11.5 Å². The van der Waals surface area contributed by atoms with Crippen LogP contribution in [0.4, 0.5) is 5.69 Å². The second-order valence-corrected chi connectivity index (χ2v) is 4.40. The van der Waals surface area contributed by atoms with Crippen molar-refractivity contribution >= 4 is 22.6 Å². The molecule has 0 fully saturated rings. The van der Waals surface area contributed by atoms with Crippen molar-refractivity contribution in [3.8, 4) is 0 Å². The number of carboxylic acids is 1. The van der Waals surface area contributed by atoms with Crippen molar-refractivity contribution in [2.75, 3.05) is 0 Å². The average Bonchev–Trinajstić information content (AvgIpc) is 3.06. The van der Waals surface area contributed by atoms with E-state index in [0.29, 0.717) is 11.3 Å². The van der Waals surface area contributed by atoms with E-state index >= 15 is 0 Å². The highest BCUT2D eigenvalue weighted by molar-refractivity contribution is 5.88. The standard InChI is InChI=1S/C13H9N3O5/c17-13(18)10-6-9(21-14-10)7-15-5-4-8-2-1-3-11(12(8)15)16(19)20/h1-6H,7H2,(H,17,18). The van der Waals surface area contributed by atoms with Crippen molar-refractivity contribution < 1.29 is 19.3 Å². The molecule has 106 valence electrons. The van der Waals surface area contributed by atoms with Crippen LogP contribution in [0.1, 0.15) is 16.2 Å². The SMILES string of the molecule is O=C(O)c1cc(Cn2ccc3cccc([N+](=O)[O-])c32)on1. The van der Waals surface area contributed by atoms with Gasteiger partial charge in [-0.05, 0) is 6.07 Å². The summed E-state index contributed by atoms with van der Waals surface area (Å²) in [5.41, 5.74) is 0.238. The third-order valence-electron chi connectivity index (χ3n) is 3.07. The molecule has 8 heteroatoms. The number of carbonyl (C=O) groups is 1. The van der Waals surface area contributed by atoms with Gasteiger partial charge >= 0.3 is 5.97 Å². The third kappa shape index (κ3) is 2.22. The maximum Gasteiger partial charge on any atom is 0.358 e. The second-order valence-electron chi connectivity index (χ2n) is 4.40. The van der Waals surface area contributed by atoms with Crippen molar-refractivity contribution in [3.63, 3.8) is 0 Å². The molecule has 2 heterocycles. The molecule has 0 amide bonds. The van der Waals surface area contributed by atoms with Crippen molar-refractivity contribution in [2.45, 2.75) is 6.54 Å². The van der Waals surface area contributed by atoms with Crippen LogP contribution < -0.4 is 0 Å². The number of hydrogen-bond acceptors (Lipinski definition) is 5. The second kappa shape index (κ2) is 4.75. The zero-order valence-corrected chi connectivity index (χ0v) is 10.6. The van der Waals surface area contributed by atoms with Crippen molar-refractivity contribution in [2.24, 2.45) is 0 Å². The summed E-state index contributed by atoms with van der Waals surface area (Å²) in [5.74, 6) is -0.878. The van der Waals surface area contributed by atoms with Gasteiger partial charge in [-0.25, -0.2) is 4.79 Å². The number of aromatic carboxylic acids is 1. The first-order valence-electron chi connectivity index (χ1n) is 5.97.